The fourth-order valence-corrected chi connectivity index (χ4v) is 1.93. The van der Waals surface area contributed by atoms with E-state index in [1.807, 2.05) is 12.1 Å². The lowest BCUT2D eigenvalue weighted by atomic mass is 10.1. The minimum absolute atomic E-state index is 0.141. The van der Waals surface area contributed by atoms with Gasteiger partial charge in [-0.1, -0.05) is 12.1 Å². The molecule has 2 nitrogen and oxygen atoms in total. The molecule has 0 bridgehead atoms. The quantitative estimate of drug-likeness (QED) is 0.826. The number of hydrogen-bond donors (Lipinski definition) is 1. The van der Waals surface area contributed by atoms with E-state index in [1.54, 1.807) is 13.0 Å². The van der Waals surface area contributed by atoms with Crippen LogP contribution in [0.2, 0.25) is 0 Å². The topological polar surface area (TPSA) is 23.5 Å². The van der Waals surface area contributed by atoms with Gasteiger partial charge in [-0.25, -0.2) is 4.39 Å². The zero-order valence-corrected chi connectivity index (χ0v) is 9.62. The Morgan fingerprint density at radius 2 is 2.19 bits per heavy atom. The second-order valence-electron chi connectivity index (χ2n) is 4.51. The van der Waals surface area contributed by atoms with Crippen molar-refractivity contribution in [2.45, 2.75) is 32.4 Å². The fourth-order valence-electron chi connectivity index (χ4n) is 1.93. The van der Waals surface area contributed by atoms with Gasteiger partial charge in [-0.3, -0.25) is 4.90 Å². The summed E-state index contributed by atoms with van der Waals surface area (Å²) in [7, 11) is 0. The molecule has 0 saturated heterocycles. The second kappa shape index (κ2) is 4.93. The fraction of sp³-hybridized carbons (Fsp3) is 0.538. The average molecular weight is 223 g/mol. The second-order valence-corrected chi connectivity index (χ2v) is 4.51. The largest absolute Gasteiger partial charge is 0.395 e. The molecule has 0 aliphatic heterocycles. The van der Waals surface area contributed by atoms with Crippen LogP contribution >= 0.6 is 0 Å². The van der Waals surface area contributed by atoms with Crippen molar-refractivity contribution in [3.05, 3.63) is 35.1 Å². The van der Waals surface area contributed by atoms with Crippen LogP contribution in [0.1, 0.15) is 24.0 Å². The van der Waals surface area contributed by atoms with E-state index in [-0.39, 0.29) is 12.4 Å². The summed E-state index contributed by atoms with van der Waals surface area (Å²) in [6.07, 6.45) is 2.41. The molecule has 1 N–H and O–H groups in total. The predicted octanol–water partition coefficient (Wildman–Crippen LogP) is 2.09. The maximum absolute atomic E-state index is 13.4. The molecule has 0 aromatic heterocycles. The molecular weight excluding hydrogens is 205 g/mol. The molecule has 2 rings (SSSR count). The molecule has 1 aromatic carbocycles. The van der Waals surface area contributed by atoms with Crippen molar-refractivity contribution >= 4 is 0 Å². The van der Waals surface area contributed by atoms with Crippen LogP contribution < -0.4 is 0 Å². The lowest BCUT2D eigenvalue weighted by Crippen LogP contribution is -2.28. The van der Waals surface area contributed by atoms with Crippen molar-refractivity contribution in [2.24, 2.45) is 0 Å². The van der Waals surface area contributed by atoms with E-state index >= 15 is 0 Å². The van der Waals surface area contributed by atoms with Crippen LogP contribution in [0.15, 0.2) is 18.2 Å². The molecule has 88 valence electrons. The summed E-state index contributed by atoms with van der Waals surface area (Å²) in [5, 5.41) is 8.97. The van der Waals surface area contributed by atoms with Gasteiger partial charge >= 0.3 is 0 Å². The number of hydrogen-bond acceptors (Lipinski definition) is 2. The van der Waals surface area contributed by atoms with Gasteiger partial charge in [0.2, 0.25) is 0 Å². The summed E-state index contributed by atoms with van der Waals surface area (Å²) in [5.74, 6) is -0.141. The van der Waals surface area contributed by atoms with E-state index in [2.05, 4.69) is 4.90 Å². The molecule has 1 aromatic rings. The number of benzene rings is 1. The van der Waals surface area contributed by atoms with Gasteiger partial charge in [-0.05, 0) is 37.0 Å². The van der Waals surface area contributed by atoms with E-state index in [1.165, 1.54) is 12.8 Å². The zero-order valence-electron chi connectivity index (χ0n) is 9.62. The SMILES string of the molecule is Cc1ccc(CN(CCO)C2CC2)cc1F. The van der Waals surface area contributed by atoms with Gasteiger partial charge in [-0.2, -0.15) is 0 Å². The Balaban J connectivity index is 2.03. The Kier molecular flexibility index (Phi) is 3.56. The molecule has 0 amide bonds. The first-order valence-electron chi connectivity index (χ1n) is 5.80. The third kappa shape index (κ3) is 2.80. The summed E-state index contributed by atoms with van der Waals surface area (Å²) < 4.78 is 13.4. The van der Waals surface area contributed by atoms with Crippen LogP contribution in [0.4, 0.5) is 4.39 Å². The number of aliphatic hydroxyl groups excluding tert-OH is 1. The number of halogens is 1. The Morgan fingerprint density at radius 3 is 2.75 bits per heavy atom. The number of aliphatic hydroxyl groups is 1. The van der Waals surface area contributed by atoms with Crippen LogP contribution in [0.5, 0.6) is 0 Å². The van der Waals surface area contributed by atoms with Crippen molar-refractivity contribution in [2.75, 3.05) is 13.2 Å². The highest BCUT2D eigenvalue weighted by molar-refractivity contribution is 5.23. The zero-order chi connectivity index (χ0) is 11.5. The maximum atomic E-state index is 13.4. The molecule has 3 heteroatoms. The predicted molar refractivity (Wildman–Crippen MR) is 61.7 cm³/mol. The molecule has 0 heterocycles. The molecule has 1 aliphatic carbocycles. The first kappa shape index (κ1) is 11.6. The molecule has 1 saturated carbocycles. The third-order valence-electron chi connectivity index (χ3n) is 3.07. The molecule has 1 fully saturated rings. The Hall–Kier alpha value is -0.930. The van der Waals surface area contributed by atoms with Crippen molar-refractivity contribution in [3.63, 3.8) is 0 Å². The highest BCUT2D eigenvalue weighted by Gasteiger charge is 2.28. The van der Waals surface area contributed by atoms with Gasteiger partial charge < -0.3 is 5.11 Å². The standard InChI is InChI=1S/C13H18FNO/c1-10-2-3-11(8-13(10)14)9-15(6-7-16)12-4-5-12/h2-3,8,12,16H,4-7,9H2,1H3. The summed E-state index contributed by atoms with van der Waals surface area (Å²) >= 11 is 0. The van der Waals surface area contributed by atoms with Gasteiger partial charge in [-0.15, -0.1) is 0 Å². The summed E-state index contributed by atoms with van der Waals surface area (Å²) in [6, 6.07) is 5.97. The monoisotopic (exact) mass is 223 g/mol. The number of rotatable bonds is 5. The molecule has 0 radical (unpaired) electrons. The minimum atomic E-state index is -0.141. The lowest BCUT2D eigenvalue weighted by molar-refractivity contribution is 0.183. The normalized spacial score (nSPS) is 15.8. The van der Waals surface area contributed by atoms with Crippen LogP contribution in [0, 0.1) is 12.7 Å². The number of nitrogens with zero attached hydrogens (tertiary/aromatic N) is 1. The van der Waals surface area contributed by atoms with Crippen molar-refractivity contribution in [3.8, 4) is 0 Å². The molecule has 0 atom stereocenters. The van der Waals surface area contributed by atoms with Gasteiger partial charge in [0.05, 0.1) is 6.61 Å². The Bertz CT molecular complexity index is 363. The number of aryl methyl sites for hydroxylation is 1. The van der Waals surface area contributed by atoms with Crippen molar-refractivity contribution < 1.29 is 9.50 Å². The Labute approximate surface area is 95.7 Å². The third-order valence-corrected chi connectivity index (χ3v) is 3.07. The summed E-state index contributed by atoms with van der Waals surface area (Å²) in [6.45, 7) is 3.36. The highest BCUT2D eigenvalue weighted by atomic mass is 19.1. The molecule has 0 spiro atoms. The first-order chi connectivity index (χ1) is 7.70. The smallest absolute Gasteiger partial charge is 0.126 e. The van der Waals surface area contributed by atoms with Gasteiger partial charge in [0.25, 0.3) is 0 Å². The summed E-state index contributed by atoms with van der Waals surface area (Å²) in [4.78, 5) is 2.23. The van der Waals surface area contributed by atoms with Gasteiger partial charge in [0.15, 0.2) is 0 Å². The Morgan fingerprint density at radius 1 is 1.44 bits per heavy atom. The molecule has 16 heavy (non-hydrogen) atoms. The molecular formula is C13H18FNO. The maximum Gasteiger partial charge on any atom is 0.126 e. The van der Waals surface area contributed by atoms with E-state index in [0.717, 1.165) is 12.1 Å². The lowest BCUT2D eigenvalue weighted by Gasteiger charge is -2.20. The summed E-state index contributed by atoms with van der Waals surface area (Å²) in [5.41, 5.74) is 1.67. The minimum Gasteiger partial charge on any atom is -0.395 e. The van der Waals surface area contributed by atoms with Gasteiger partial charge in [0, 0.05) is 19.1 Å². The van der Waals surface area contributed by atoms with E-state index in [4.69, 9.17) is 5.11 Å². The average Bonchev–Trinajstić information content (AvgIpc) is 3.06. The van der Waals surface area contributed by atoms with E-state index < -0.39 is 0 Å². The van der Waals surface area contributed by atoms with Crippen LogP contribution in [-0.2, 0) is 6.54 Å². The highest BCUT2D eigenvalue weighted by Crippen LogP contribution is 2.28. The molecule has 0 unspecified atom stereocenters. The molecule has 1 aliphatic rings. The van der Waals surface area contributed by atoms with E-state index in [0.29, 0.717) is 18.2 Å². The van der Waals surface area contributed by atoms with Crippen molar-refractivity contribution in [1.82, 2.24) is 4.90 Å². The van der Waals surface area contributed by atoms with Crippen LogP contribution in [-0.4, -0.2) is 29.2 Å². The van der Waals surface area contributed by atoms with E-state index in [9.17, 15) is 4.39 Å². The first-order valence-corrected chi connectivity index (χ1v) is 5.80. The van der Waals surface area contributed by atoms with Crippen LogP contribution in [0.3, 0.4) is 0 Å². The van der Waals surface area contributed by atoms with Gasteiger partial charge in [0.1, 0.15) is 5.82 Å². The van der Waals surface area contributed by atoms with Crippen molar-refractivity contribution in [1.29, 1.82) is 0 Å². The van der Waals surface area contributed by atoms with Crippen LogP contribution in [0.25, 0.3) is 0 Å².